The molecule has 1 aliphatic carbocycles. The highest BCUT2D eigenvalue weighted by molar-refractivity contribution is 7.91. The number of urea groups is 1. The molecule has 2 heterocycles. The molecule has 1 aromatic rings. The van der Waals surface area contributed by atoms with E-state index in [1.165, 1.54) is 17.7 Å². The SMILES string of the molecule is CCC(CS(=O)(=O)CCCCCN1CC(=O)NC1=O)c1cc(OCC2CC2)c[nH]1. The summed E-state index contributed by atoms with van der Waals surface area (Å²) in [5, 5.41) is 2.23. The Balaban J connectivity index is 1.39. The second kappa shape index (κ2) is 9.65. The molecule has 29 heavy (non-hydrogen) atoms. The molecule has 8 nitrogen and oxygen atoms in total. The summed E-state index contributed by atoms with van der Waals surface area (Å²) in [5.74, 6) is 1.37. The number of sulfone groups is 1. The lowest BCUT2D eigenvalue weighted by Crippen LogP contribution is -2.29. The summed E-state index contributed by atoms with van der Waals surface area (Å²) in [6, 6.07) is 1.56. The van der Waals surface area contributed by atoms with Crippen molar-refractivity contribution in [2.24, 2.45) is 5.92 Å². The highest BCUT2D eigenvalue weighted by Gasteiger charge is 2.26. The first kappa shape index (κ1) is 21.7. The van der Waals surface area contributed by atoms with Crippen LogP contribution >= 0.6 is 0 Å². The van der Waals surface area contributed by atoms with E-state index in [2.05, 4.69) is 10.3 Å². The van der Waals surface area contributed by atoms with Gasteiger partial charge < -0.3 is 14.6 Å². The van der Waals surface area contributed by atoms with Gasteiger partial charge in [0.25, 0.3) is 0 Å². The molecule has 1 saturated heterocycles. The first-order valence-electron chi connectivity index (χ1n) is 10.5. The molecule has 1 aliphatic heterocycles. The Bertz CT molecular complexity index is 816. The molecule has 0 aromatic carbocycles. The van der Waals surface area contributed by atoms with Crippen LogP contribution in [0.15, 0.2) is 12.3 Å². The van der Waals surface area contributed by atoms with Gasteiger partial charge in [-0.3, -0.25) is 10.1 Å². The first-order chi connectivity index (χ1) is 13.9. The normalized spacial score (nSPS) is 18.2. The van der Waals surface area contributed by atoms with Gasteiger partial charge in [-0.25, -0.2) is 13.2 Å². The van der Waals surface area contributed by atoms with Crippen molar-refractivity contribution in [1.29, 1.82) is 0 Å². The Labute approximate surface area is 172 Å². The Morgan fingerprint density at radius 3 is 2.69 bits per heavy atom. The molecule has 162 valence electrons. The van der Waals surface area contributed by atoms with Crippen LogP contribution < -0.4 is 10.1 Å². The van der Waals surface area contributed by atoms with Crippen molar-refractivity contribution in [3.05, 3.63) is 18.0 Å². The number of hydrogen-bond acceptors (Lipinski definition) is 5. The molecule has 0 radical (unpaired) electrons. The van der Waals surface area contributed by atoms with E-state index in [-0.39, 0.29) is 35.9 Å². The van der Waals surface area contributed by atoms with Gasteiger partial charge in [-0.15, -0.1) is 0 Å². The van der Waals surface area contributed by atoms with Gasteiger partial charge in [0, 0.05) is 30.4 Å². The summed E-state index contributed by atoms with van der Waals surface area (Å²) < 4.78 is 30.9. The monoisotopic (exact) mass is 425 g/mol. The fourth-order valence-corrected chi connectivity index (χ4v) is 5.33. The lowest BCUT2D eigenvalue weighted by Gasteiger charge is -2.14. The van der Waals surface area contributed by atoms with Crippen molar-refractivity contribution in [3.8, 4) is 5.75 Å². The van der Waals surface area contributed by atoms with Crippen LogP contribution in [0.25, 0.3) is 0 Å². The number of unbranched alkanes of at least 4 members (excludes halogenated alkanes) is 2. The third-order valence-corrected chi connectivity index (χ3v) is 7.32. The quantitative estimate of drug-likeness (QED) is 0.373. The Morgan fingerprint density at radius 2 is 2.03 bits per heavy atom. The second-order valence-corrected chi connectivity index (χ2v) is 10.3. The summed E-state index contributed by atoms with van der Waals surface area (Å²) in [7, 11) is -3.17. The van der Waals surface area contributed by atoms with Crippen molar-refractivity contribution in [3.63, 3.8) is 0 Å². The van der Waals surface area contributed by atoms with Crippen LogP contribution in [-0.2, 0) is 14.6 Å². The van der Waals surface area contributed by atoms with E-state index >= 15 is 0 Å². The van der Waals surface area contributed by atoms with E-state index in [4.69, 9.17) is 4.74 Å². The number of aromatic nitrogens is 1. The van der Waals surface area contributed by atoms with Gasteiger partial charge in [-0.1, -0.05) is 13.3 Å². The second-order valence-electron chi connectivity index (χ2n) is 8.10. The first-order valence-corrected chi connectivity index (χ1v) is 12.3. The van der Waals surface area contributed by atoms with Gasteiger partial charge in [-0.05, 0) is 38.0 Å². The lowest BCUT2D eigenvalue weighted by molar-refractivity contribution is -0.118. The molecule has 2 N–H and O–H groups in total. The zero-order valence-electron chi connectivity index (χ0n) is 17.0. The predicted molar refractivity (Wildman–Crippen MR) is 110 cm³/mol. The lowest BCUT2D eigenvalue weighted by atomic mass is 10.1. The average Bonchev–Trinajstić information content (AvgIpc) is 3.29. The van der Waals surface area contributed by atoms with Crippen molar-refractivity contribution in [1.82, 2.24) is 15.2 Å². The molecular weight excluding hydrogens is 394 g/mol. The Kier molecular flexibility index (Phi) is 7.21. The number of amides is 3. The summed E-state index contributed by atoms with van der Waals surface area (Å²) in [4.78, 5) is 27.2. The third-order valence-electron chi connectivity index (χ3n) is 5.50. The number of nitrogens with one attached hydrogen (secondary N) is 2. The van der Waals surface area contributed by atoms with E-state index < -0.39 is 9.84 Å². The number of ether oxygens (including phenoxy) is 1. The van der Waals surface area contributed by atoms with E-state index in [1.807, 2.05) is 19.2 Å². The minimum Gasteiger partial charge on any atom is -0.492 e. The van der Waals surface area contributed by atoms with E-state index in [1.54, 1.807) is 0 Å². The van der Waals surface area contributed by atoms with Crippen LogP contribution in [0.3, 0.4) is 0 Å². The van der Waals surface area contributed by atoms with Crippen molar-refractivity contribution in [2.45, 2.75) is 51.4 Å². The van der Waals surface area contributed by atoms with Crippen molar-refractivity contribution in [2.75, 3.05) is 31.2 Å². The molecular formula is C20H31N3O5S. The summed E-state index contributed by atoms with van der Waals surface area (Å²) in [5.41, 5.74) is 0.909. The molecule has 0 bridgehead atoms. The number of imide groups is 1. The standard InChI is InChI=1S/C20H31N3O5S/c1-2-16(18-10-17(11-21-18)28-13-15-6-7-15)14-29(26,27)9-5-3-4-8-23-12-19(24)22-20(23)25/h10-11,15-16,21H,2-9,12-14H2,1H3,(H,22,24,25). The number of hydrogen-bond donors (Lipinski definition) is 2. The number of carbonyl (C=O) groups is 2. The Hall–Kier alpha value is -2.03. The minimum absolute atomic E-state index is 0.0717. The summed E-state index contributed by atoms with van der Waals surface area (Å²) in [6.45, 7) is 3.30. The number of carbonyl (C=O) groups excluding carboxylic acids is 2. The number of rotatable bonds is 13. The molecule has 1 saturated carbocycles. The molecule has 9 heteroatoms. The highest BCUT2D eigenvalue weighted by Crippen LogP contribution is 2.30. The third kappa shape index (κ3) is 6.76. The molecule has 2 aliphatic rings. The van der Waals surface area contributed by atoms with Crippen LogP contribution in [0.2, 0.25) is 0 Å². The topological polar surface area (TPSA) is 109 Å². The minimum atomic E-state index is -3.17. The van der Waals surface area contributed by atoms with Crippen LogP contribution in [0.5, 0.6) is 5.75 Å². The largest absolute Gasteiger partial charge is 0.492 e. The maximum atomic E-state index is 12.6. The number of nitrogens with zero attached hydrogens (tertiary/aromatic N) is 1. The maximum Gasteiger partial charge on any atom is 0.324 e. The van der Waals surface area contributed by atoms with Gasteiger partial charge in [0.15, 0.2) is 9.84 Å². The van der Waals surface area contributed by atoms with Gasteiger partial charge in [0.05, 0.1) is 18.1 Å². The highest BCUT2D eigenvalue weighted by atomic mass is 32.2. The smallest absolute Gasteiger partial charge is 0.324 e. The summed E-state index contributed by atoms with van der Waals surface area (Å²) >= 11 is 0. The van der Waals surface area contributed by atoms with Crippen LogP contribution in [0.1, 0.15) is 57.1 Å². The molecule has 3 rings (SSSR count). The number of H-pyrrole nitrogens is 1. The molecule has 1 atom stereocenters. The zero-order valence-corrected chi connectivity index (χ0v) is 17.8. The zero-order chi connectivity index (χ0) is 20.9. The fraction of sp³-hybridized carbons (Fsp3) is 0.700. The Morgan fingerprint density at radius 1 is 1.24 bits per heavy atom. The summed E-state index contributed by atoms with van der Waals surface area (Å²) in [6.07, 6.45) is 6.96. The van der Waals surface area contributed by atoms with Gasteiger partial charge in [0.2, 0.25) is 5.91 Å². The fourth-order valence-electron chi connectivity index (χ4n) is 3.49. The van der Waals surface area contributed by atoms with Crippen molar-refractivity contribution >= 4 is 21.8 Å². The van der Waals surface area contributed by atoms with Gasteiger partial charge in [0.1, 0.15) is 12.3 Å². The molecule has 3 amide bonds. The van der Waals surface area contributed by atoms with Crippen LogP contribution in [0.4, 0.5) is 4.79 Å². The number of aromatic amines is 1. The predicted octanol–water partition coefficient (Wildman–Crippen LogP) is 2.43. The van der Waals surface area contributed by atoms with Crippen LogP contribution in [-0.4, -0.2) is 61.4 Å². The average molecular weight is 426 g/mol. The van der Waals surface area contributed by atoms with Gasteiger partial charge in [-0.2, -0.15) is 0 Å². The molecule has 1 aromatic heterocycles. The van der Waals surface area contributed by atoms with Gasteiger partial charge >= 0.3 is 6.03 Å². The van der Waals surface area contributed by atoms with E-state index in [0.29, 0.717) is 31.7 Å². The molecule has 2 fully saturated rings. The van der Waals surface area contributed by atoms with E-state index in [9.17, 15) is 18.0 Å². The molecule has 0 spiro atoms. The molecule has 1 unspecified atom stereocenters. The van der Waals surface area contributed by atoms with Crippen molar-refractivity contribution < 1.29 is 22.7 Å². The van der Waals surface area contributed by atoms with E-state index in [0.717, 1.165) is 24.5 Å². The maximum absolute atomic E-state index is 12.6. The van der Waals surface area contributed by atoms with Crippen LogP contribution in [0, 0.1) is 5.92 Å².